The Morgan fingerprint density at radius 3 is 2.33 bits per heavy atom. The molecule has 1 aromatic heterocycles. The molecule has 18 heavy (non-hydrogen) atoms. The molecule has 0 aliphatic rings. The van der Waals surface area contributed by atoms with Gasteiger partial charge in [0.1, 0.15) is 0 Å². The van der Waals surface area contributed by atoms with Crippen LogP contribution in [0.5, 0.6) is 0 Å². The highest BCUT2D eigenvalue weighted by atomic mass is 35.5. The maximum atomic E-state index is 5.59. The highest BCUT2D eigenvalue weighted by Crippen LogP contribution is 2.10. The smallest absolute Gasteiger partial charge is 0.0921 e. The number of aromatic nitrogens is 2. The lowest BCUT2D eigenvalue weighted by atomic mass is 10.2. The molecule has 0 amide bonds. The number of benzene rings is 1. The van der Waals surface area contributed by atoms with Crippen LogP contribution >= 0.6 is 37.2 Å². The van der Waals surface area contributed by atoms with Crippen molar-refractivity contribution in [3.8, 4) is 0 Å². The summed E-state index contributed by atoms with van der Waals surface area (Å²) in [6, 6.07) is 7.72. The number of halogens is 3. The van der Waals surface area contributed by atoms with Crippen molar-refractivity contribution in [3.63, 3.8) is 0 Å². The molecule has 0 saturated heterocycles. The van der Waals surface area contributed by atoms with E-state index in [1.165, 1.54) is 0 Å². The lowest BCUT2D eigenvalue weighted by Crippen LogP contribution is -2.04. The molecular weight excluding hydrogens is 295 g/mol. The predicted octanol–water partition coefficient (Wildman–Crippen LogP) is 2.91. The first kappa shape index (κ1) is 19.2. The summed E-state index contributed by atoms with van der Waals surface area (Å²) in [6.45, 7) is 0.881. The average molecular weight is 312 g/mol. The van der Waals surface area contributed by atoms with Gasteiger partial charge in [-0.05, 0) is 24.3 Å². The van der Waals surface area contributed by atoms with Crippen LogP contribution < -0.4 is 11.1 Å². The van der Waals surface area contributed by atoms with E-state index in [9.17, 15) is 0 Å². The van der Waals surface area contributed by atoms with Gasteiger partial charge in [-0.3, -0.25) is 0 Å². The largest absolute Gasteiger partial charge is 0.399 e. The third-order valence-electron chi connectivity index (χ3n) is 2.19. The maximum absolute atomic E-state index is 5.59. The van der Waals surface area contributed by atoms with Gasteiger partial charge in [-0.25, -0.2) is 4.98 Å². The van der Waals surface area contributed by atoms with Crippen LogP contribution in [-0.4, -0.2) is 16.5 Å². The van der Waals surface area contributed by atoms with Crippen molar-refractivity contribution in [2.75, 3.05) is 17.6 Å². The van der Waals surface area contributed by atoms with Gasteiger partial charge in [-0.1, -0.05) is 0 Å². The van der Waals surface area contributed by atoms with Gasteiger partial charge in [0.05, 0.1) is 6.33 Å². The Morgan fingerprint density at radius 1 is 1.11 bits per heavy atom. The molecule has 2 rings (SSSR count). The van der Waals surface area contributed by atoms with Crippen molar-refractivity contribution in [1.29, 1.82) is 0 Å². The monoisotopic (exact) mass is 310 g/mol. The summed E-state index contributed by atoms with van der Waals surface area (Å²) in [7, 11) is 0. The number of aromatic amines is 1. The van der Waals surface area contributed by atoms with Gasteiger partial charge in [0, 0.05) is 36.2 Å². The van der Waals surface area contributed by atoms with E-state index in [0.29, 0.717) is 0 Å². The van der Waals surface area contributed by atoms with Crippen molar-refractivity contribution < 1.29 is 0 Å². The number of nitrogens with two attached hydrogens (primary N) is 1. The summed E-state index contributed by atoms with van der Waals surface area (Å²) in [6.07, 6.45) is 4.47. The number of nitrogens with zero attached hydrogens (tertiary/aromatic N) is 1. The highest BCUT2D eigenvalue weighted by Gasteiger charge is 1.94. The Bertz CT molecular complexity index is 403. The summed E-state index contributed by atoms with van der Waals surface area (Å²) < 4.78 is 0. The van der Waals surface area contributed by atoms with E-state index in [-0.39, 0.29) is 37.2 Å². The van der Waals surface area contributed by atoms with Crippen molar-refractivity contribution >= 4 is 48.6 Å². The van der Waals surface area contributed by atoms with Crippen LogP contribution in [0.3, 0.4) is 0 Å². The summed E-state index contributed by atoms with van der Waals surface area (Å²) >= 11 is 0. The molecule has 0 unspecified atom stereocenters. The summed E-state index contributed by atoms with van der Waals surface area (Å²) in [4.78, 5) is 7.02. The molecule has 0 spiro atoms. The third-order valence-corrected chi connectivity index (χ3v) is 2.19. The topological polar surface area (TPSA) is 66.7 Å². The van der Waals surface area contributed by atoms with Crippen LogP contribution in [0.2, 0.25) is 0 Å². The zero-order valence-electron chi connectivity index (χ0n) is 9.63. The zero-order chi connectivity index (χ0) is 10.5. The predicted molar refractivity (Wildman–Crippen MR) is 83.4 cm³/mol. The number of hydrogen-bond acceptors (Lipinski definition) is 3. The standard InChI is InChI=1S/C11H14N4.3ClH/c12-9-1-3-10(4-2-9)14-6-5-11-7-13-8-15-11;;;/h1-4,7-8,14H,5-6,12H2,(H,13,15);3*1H. The van der Waals surface area contributed by atoms with Gasteiger partial charge in [0.2, 0.25) is 0 Å². The first-order chi connectivity index (χ1) is 7.34. The summed E-state index contributed by atoms with van der Waals surface area (Å²) in [5, 5.41) is 3.31. The van der Waals surface area contributed by atoms with Crippen molar-refractivity contribution in [1.82, 2.24) is 9.97 Å². The second kappa shape index (κ2) is 9.88. The molecular formula is C11H17Cl3N4. The number of nitrogen functional groups attached to an aromatic ring is 1. The first-order valence-electron chi connectivity index (χ1n) is 4.91. The van der Waals surface area contributed by atoms with E-state index in [0.717, 1.165) is 30.0 Å². The molecule has 2 aromatic rings. The Balaban J connectivity index is 0. The van der Waals surface area contributed by atoms with Crippen LogP contribution in [-0.2, 0) is 6.42 Å². The Hall–Kier alpha value is -1.10. The molecule has 0 saturated carbocycles. The fourth-order valence-corrected chi connectivity index (χ4v) is 1.36. The van der Waals surface area contributed by atoms with Crippen LogP contribution in [0.1, 0.15) is 5.69 Å². The number of anilines is 2. The number of hydrogen-bond donors (Lipinski definition) is 3. The molecule has 4 nitrogen and oxygen atoms in total. The van der Waals surface area contributed by atoms with E-state index in [2.05, 4.69) is 15.3 Å². The van der Waals surface area contributed by atoms with Gasteiger partial charge in [0.15, 0.2) is 0 Å². The molecule has 0 fully saturated rings. The van der Waals surface area contributed by atoms with E-state index >= 15 is 0 Å². The highest BCUT2D eigenvalue weighted by molar-refractivity contribution is 5.86. The molecule has 0 aliphatic carbocycles. The fourth-order valence-electron chi connectivity index (χ4n) is 1.36. The van der Waals surface area contributed by atoms with Crippen molar-refractivity contribution in [3.05, 3.63) is 42.5 Å². The number of nitrogens with one attached hydrogen (secondary N) is 2. The minimum absolute atomic E-state index is 0. The average Bonchev–Trinajstić information content (AvgIpc) is 2.74. The fraction of sp³-hybridized carbons (Fsp3) is 0.182. The third kappa shape index (κ3) is 6.00. The lowest BCUT2D eigenvalue weighted by molar-refractivity contribution is 0.977. The number of H-pyrrole nitrogens is 1. The van der Waals surface area contributed by atoms with Crippen LogP contribution in [0.4, 0.5) is 11.4 Å². The first-order valence-corrected chi connectivity index (χ1v) is 4.91. The van der Waals surface area contributed by atoms with Crippen molar-refractivity contribution in [2.24, 2.45) is 0 Å². The quantitative estimate of drug-likeness (QED) is 0.761. The molecule has 102 valence electrons. The van der Waals surface area contributed by atoms with Gasteiger partial charge < -0.3 is 16.0 Å². The molecule has 0 bridgehead atoms. The van der Waals surface area contributed by atoms with E-state index in [1.807, 2.05) is 30.5 Å². The number of rotatable bonds is 4. The zero-order valence-corrected chi connectivity index (χ0v) is 12.1. The molecule has 1 heterocycles. The van der Waals surface area contributed by atoms with Crippen LogP contribution in [0.15, 0.2) is 36.8 Å². The second-order valence-corrected chi connectivity index (χ2v) is 3.38. The lowest BCUT2D eigenvalue weighted by Gasteiger charge is -2.05. The molecule has 0 radical (unpaired) electrons. The number of imidazole rings is 1. The Labute approximate surface area is 125 Å². The van der Waals surface area contributed by atoms with Crippen LogP contribution in [0, 0.1) is 0 Å². The Morgan fingerprint density at radius 2 is 1.78 bits per heavy atom. The van der Waals surface area contributed by atoms with Gasteiger partial charge in [0.25, 0.3) is 0 Å². The molecule has 0 atom stereocenters. The summed E-state index contributed by atoms with van der Waals surface area (Å²) in [5.74, 6) is 0. The van der Waals surface area contributed by atoms with E-state index in [4.69, 9.17) is 5.73 Å². The minimum Gasteiger partial charge on any atom is -0.399 e. The molecule has 0 aliphatic heterocycles. The van der Waals surface area contributed by atoms with Crippen molar-refractivity contribution in [2.45, 2.75) is 6.42 Å². The van der Waals surface area contributed by atoms with Crippen LogP contribution in [0.25, 0.3) is 0 Å². The van der Waals surface area contributed by atoms with Gasteiger partial charge >= 0.3 is 0 Å². The second-order valence-electron chi connectivity index (χ2n) is 3.38. The SMILES string of the molecule is Cl.Cl.Cl.Nc1ccc(NCCc2cnc[nH]2)cc1. The molecule has 1 aromatic carbocycles. The van der Waals surface area contributed by atoms with E-state index < -0.39 is 0 Å². The van der Waals surface area contributed by atoms with Gasteiger partial charge in [-0.15, -0.1) is 37.2 Å². The molecule has 4 N–H and O–H groups in total. The Kier molecular flexibility index (Phi) is 10.6. The minimum atomic E-state index is 0. The van der Waals surface area contributed by atoms with E-state index in [1.54, 1.807) is 6.33 Å². The summed E-state index contributed by atoms with van der Waals surface area (Å²) in [5.41, 5.74) is 8.60. The van der Waals surface area contributed by atoms with Gasteiger partial charge in [-0.2, -0.15) is 0 Å². The normalized spacial score (nSPS) is 8.44. The maximum Gasteiger partial charge on any atom is 0.0921 e. The molecule has 7 heteroatoms.